The first kappa shape index (κ1) is 31.7. The third-order valence-corrected chi connectivity index (χ3v) is 12.5. The number of unbranched alkanes of at least 4 members (excludes halogenated alkanes) is 2. The topological polar surface area (TPSA) is 43.4 Å². The first-order valence-electron chi connectivity index (χ1n) is 13.4. The van der Waals surface area contributed by atoms with Crippen molar-refractivity contribution >= 4 is 28.2 Å². The van der Waals surface area contributed by atoms with Crippen molar-refractivity contribution in [3.05, 3.63) is 0 Å². The van der Waals surface area contributed by atoms with Gasteiger partial charge in [0.15, 0.2) is 16.6 Å². The summed E-state index contributed by atoms with van der Waals surface area (Å²) in [4.78, 5) is 24.2. The summed E-state index contributed by atoms with van der Waals surface area (Å²) in [6, 6.07) is 1.17. The highest BCUT2D eigenvalue weighted by molar-refractivity contribution is 6.84. The Kier molecular flexibility index (Phi) is 15.5. The fraction of sp³-hybridized carbons (Fsp3) is 0.926. The quantitative estimate of drug-likeness (QED) is 0.128. The van der Waals surface area contributed by atoms with Gasteiger partial charge in [-0.2, -0.15) is 0 Å². The summed E-state index contributed by atoms with van der Waals surface area (Å²) in [7, 11) is -3.03. The summed E-state index contributed by atoms with van der Waals surface area (Å²) in [5.74, 6) is 1.52. The smallest absolute Gasteiger partial charge is 0.173 e. The van der Waals surface area contributed by atoms with Gasteiger partial charge in [0, 0.05) is 25.7 Å². The van der Waals surface area contributed by atoms with E-state index in [1.807, 2.05) is 0 Å². The number of hydrogen-bond donors (Lipinski definition) is 0. The standard InChI is InChI=1S/C27H56O3Si2/c1-10-11-17-25(28)19-14-16-24(2)23-27(3,4)21-15-20-26(29)18-12-13-22-32(8,9)30-31(5,6)7/h24H,10-23H2,1-9H3. The Morgan fingerprint density at radius 1 is 0.812 bits per heavy atom. The summed E-state index contributed by atoms with van der Waals surface area (Å²) in [6.07, 6.45) is 12.7. The molecule has 0 aliphatic heterocycles. The van der Waals surface area contributed by atoms with E-state index < -0.39 is 16.6 Å². The number of rotatable bonds is 20. The van der Waals surface area contributed by atoms with Gasteiger partial charge in [-0.1, -0.05) is 47.0 Å². The van der Waals surface area contributed by atoms with Crippen molar-refractivity contribution in [3.63, 3.8) is 0 Å². The van der Waals surface area contributed by atoms with Gasteiger partial charge in [-0.3, -0.25) is 9.59 Å². The molecule has 5 heteroatoms. The number of carbonyl (C=O) groups is 2. The fourth-order valence-corrected chi connectivity index (χ4v) is 13.1. The van der Waals surface area contributed by atoms with Crippen molar-refractivity contribution in [2.45, 2.75) is 150 Å². The highest BCUT2D eigenvalue weighted by Gasteiger charge is 2.29. The molecule has 1 atom stereocenters. The number of Topliss-reactive ketones (excluding diaryl/α,β-unsaturated/α-hetero) is 2. The minimum absolute atomic E-state index is 0.274. The summed E-state index contributed by atoms with van der Waals surface area (Å²) < 4.78 is 6.39. The van der Waals surface area contributed by atoms with Crippen LogP contribution in [0.2, 0.25) is 38.8 Å². The van der Waals surface area contributed by atoms with Crippen molar-refractivity contribution in [2.75, 3.05) is 0 Å². The lowest BCUT2D eigenvalue weighted by Gasteiger charge is -2.31. The SMILES string of the molecule is CCCCC(=O)CCCC(C)CC(C)(C)CCCC(=O)CCCC[Si](C)(C)O[Si](C)(C)C. The largest absolute Gasteiger partial charge is 0.456 e. The van der Waals surface area contributed by atoms with Crippen LogP contribution in [-0.2, 0) is 13.7 Å². The molecular weight excluding hydrogens is 428 g/mol. The number of carbonyl (C=O) groups excluding carboxylic acids is 2. The Labute approximate surface area is 203 Å². The molecular formula is C27H56O3Si2. The first-order chi connectivity index (χ1) is 14.7. The van der Waals surface area contributed by atoms with E-state index in [1.54, 1.807) is 0 Å². The molecule has 0 saturated heterocycles. The minimum atomic E-state index is -1.57. The van der Waals surface area contributed by atoms with Crippen LogP contribution in [0.4, 0.5) is 0 Å². The van der Waals surface area contributed by atoms with E-state index >= 15 is 0 Å². The Morgan fingerprint density at radius 2 is 1.34 bits per heavy atom. The molecule has 1 unspecified atom stereocenters. The molecule has 0 aromatic heterocycles. The number of ketones is 2. The van der Waals surface area contributed by atoms with E-state index in [1.165, 1.54) is 12.5 Å². The van der Waals surface area contributed by atoms with Crippen LogP contribution >= 0.6 is 0 Å². The van der Waals surface area contributed by atoms with Crippen molar-refractivity contribution < 1.29 is 13.7 Å². The highest BCUT2D eigenvalue weighted by Crippen LogP contribution is 2.33. The van der Waals surface area contributed by atoms with E-state index in [9.17, 15) is 9.59 Å². The molecule has 0 heterocycles. The highest BCUT2D eigenvalue weighted by atomic mass is 28.4. The lowest BCUT2D eigenvalue weighted by Crippen LogP contribution is -2.42. The molecule has 0 aromatic carbocycles. The van der Waals surface area contributed by atoms with Crippen molar-refractivity contribution in [1.82, 2.24) is 0 Å². The predicted molar refractivity (Wildman–Crippen MR) is 145 cm³/mol. The monoisotopic (exact) mass is 484 g/mol. The molecule has 190 valence electrons. The zero-order valence-electron chi connectivity index (χ0n) is 23.2. The van der Waals surface area contributed by atoms with Crippen LogP contribution < -0.4 is 0 Å². The van der Waals surface area contributed by atoms with Gasteiger partial charge in [-0.15, -0.1) is 0 Å². The summed E-state index contributed by atoms with van der Waals surface area (Å²) in [6.45, 7) is 20.6. The maximum absolute atomic E-state index is 12.3. The first-order valence-corrected chi connectivity index (χ1v) is 19.9. The Bertz CT molecular complexity index is 536. The second kappa shape index (κ2) is 15.6. The zero-order valence-corrected chi connectivity index (χ0v) is 25.2. The number of hydrogen-bond acceptors (Lipinski definition) is 3. The maximum Gasteiger partial charge on any atom is 0.173 e. The van der Waals surface area contributed by atoms with Gasteiger partial charge in [-0.05, 0) is 88.6 Å². The molecule has 0 fully saturated rings. The fourth-order valence-electron chi connectivity index (χ4n) is 4.94. The van der Waals surface area contributed by atoms with Crippen LogP contribution in [0.1, 0.15) is 111 Å². The van der Waals surface area contributed by atoms with Crippen LogP contribution in [0.15, 0.2) is 0 Å². The Hall–Kier alpha value is -0.266. The molecule has 0 aliphatic carbocycles. The molecule has 0 amide bonds. The summed E-state index contributed by atoms with van der Waals surface area (Å²) in [5.41, 5.74) is 0.274. The van der Waals surface area contributed by atoms with Crippen molar-refractivity contribution in [1.29, 1.82) is 0 Å². The third-order valence-electron chi connectivity index (χ3n) is 6.24. The van der Waals surface area contributed by atoms with E-state index in [4.69, 9.17) is 4.12 Å². The van der Waals surface area contributed by atoms with Gasteiger partial charge < -0.3 is 4.12 Å². The molecule has 0 saturated carbocycles. The molecule has 0 aromatic rings. The summed E-state index contributed by atoms with van der Waals surface area (Å²) >= 11 is 0. The van der Waals surface area contributed by atoms with Gasteiger partial charge in [0.2, 0.25) is 0 Å². The average Bonchev–Trinajstić information content (AvgIpc) is 2.61. The molecule has 0 radical (unpaired) electrons. The molecule has 0 N–H and O–H groups in total. The van der Waals surface area contributed by atoms with E-state index in [0.717, 1.165) is 77.0 Å². The average molecular weight is 485 g/mol. The molecule has 32 heavy (non-hydrogen) atoms. The van der Waals surface area contributed by atoms with E-state index in [0.29, 0.717) is 17.5 Å². The molecule has 0 bridgehead atoms. The van der Waals surface area contributed by atoms with Crippen LogP contribution in [0.5, 0.6) is 0 Å². The lowest BCUT2D eigenvalue weighted by atomic mass is 9.78. The Morgan fingerprint density at radius 3 is 1.91 bits per heavy atom. The van der Waals surface area contributed by atoms with Crippen LogP contribution in [0.3, 0.4) is 0 Å². The predicted octanol–water partition coefficient (Wildman–Crippen LogP) is 8.93. The third kappa shape index (κ3) is 19.2. The summed E-state index contributed by atoms with van der Waals surface area (Å²) in [5, 5.41) is 0. The van der Waals surface area contributed by atoms with Gasteiger partial charge >= 0.3 is 0 Å². The van der Waals surface area contributed by atoms with Gasteiger partial charge in [-0.25, -0.2) is 0 Å². The maximum atomic E-state index is 12.3. The van der Waals surface area contributed by atoms with Crippen LogP contribution in [0.25, 0.3) is 0 Å². The molecule has 3 nitrogen and oxygen atoms in total. The lowest BCUT2D eigenvalue weighted by molar-refractivity contribution is -0.120. The Balaban J connectivity index is 3.98. The minimum Gasteiger partial charge on any atom is -0.456 e. The molecule has 0 spiro atoms. The van der Waals surface area contributed by atoms with Crippen LogP contribution in [0, 0.1) is 11.3 Å². The van der Waals surface area contributed by atoms with E-state index in [-0.39, 0.29) is 5.41 Å². The van der Waals surface area contributed by atoms with Gasteiger partial charge in [0.1, 0.15) is 11.6 Å². The van der Waals surface area contributed by atoms with E-state index in [2.05, 4.69) is 60.4 Å². The van der Waals surface area contributed by atoms with Crippen LogP contribution in [-0.4, -0.2) is 28.2 Å². The zero-order chi connectivity index (χ0) is 24.8. The second-order valence-corrected chi connectivity index (χ2v) is 21.6. The molecule has 0 aliphatic rings. The van der Waals surface area contributed by atoms with Gasteiger partial charge in [0.25, 0.3) is 0 Å². The van der Waals surface area contributed by atoms with Gasteiger partial charge in [0.05, 0.1) is 0 Å². The normalized spacial score (nSPS) is 13.9. The molecule has 0 rings (SSSR count). The van der Waals surface area contributed by atoms with Crippen molar-refractivity contribution in [3.8, 4) is 0 Å². The second-order valence-electron chi connectivity index (χ2n) is 12.6. The van der Waals surface area contributed by atoms with Crippen molar-refractivity contribution in [2.24, 2.45) is 11.3 Å².